The molecule has 0 saturated carbocycles. The number of carbonyl (C=O) groups is 1. The minimum Gasteiger partial charge on any atom is -0.508 e. The number of benzene rings is 2. The number of phenols is 1. The van der Waals surface area contributed by atoms with Crippen LogP contribution in [0.3, 0.4) is 0 Å². The maximum Gasteiger partial charge on any atom is 0.258 e. The average molecular weight is 255 g/mol. The van der Waals surface area contributed by atoms with Gasteiger partial charge in [-0.2, -0.15) is 0 Å². The van der Waals surface area contributed by atoms with Crippen LogP contribution in [0.4, 0.5) is 5.69 Å². The highest BCUT2D eigenvalue weighted by molar-refractivity contribution is 6.06. The molecule has 3 heteroatoms. The van der Waals surface area contributed by atoms with Gasteiger partial charge in [0.25, 0.3) is 5.91 Å². The third-order valence-corrected chi connectivity index (χ3v) is 3.18. The summed E-state index contributed by atoms with van der Waals surface area (Å²) in [6.45, 7) is 3.80. The second-order valence-corrected chi connectivity index (χ2v) is 4.70. The van der Waals surface area contributed by atoms with E-state index in [1.165, 1.54) is 6.07 Å². The van der Waals surface area contributed by atoms with Crippen molar-refractivity contribution < 1.29 is 9.90 Å². The molecule has 1 amide bonds. The van der Waals surface area contributed by atoms with Crippen LogP contribution in [-0.2, 0) is 0 Å². The quantitative estimate of drug-likeness (QED) is 0.894. The van der Waals surface area contributed by atoms with Crippen molar-refractivity contribution in [3.05, 3.63) is 59.2 Å². The predicted octanol–water partition coefficient (Wildman–Crippen LogP) is 3.29. The number of carbonyl (C=O) groups excluding carboxylic acids is 1. The van der Waals surface area contributed by atoms with Gasteiger partial charge in [-0.05, 0) is 43.7 Å². The summed E-state index contributed by atoms with van der Waals surface area (Å²) in [5.41, 5.74) is 3.22. The van der Waals surface area contributed by atoms with Crippen LogP contribution in [-0.4, -0.2) is 18.1 Å². The Morgan fingerprint density at radius 3 is 2.26 bits per heavy atom. The van der Waals surface area contributed by atoms with E-state index >= 15 is 0 Å². The summed E-state index contributed by atoms with van der Waals surface area (Å²) in [6, 6.07) is 12.7. The summed E-state index contributed by atoms with van der Waals surface area (Å²) < 4.78 is 0. The SMILES string of the molecule is Cc1ccc(N(C)C(=O)c2ccc(C)c(O)c2)cc1. The molecule has 2 aromatic rings. The van der Waals surface area contributed by atoms with Crippen molar-refractivity contribution in [1.82, 2.24) is 0 Å². The Balaban J connectivity index is 2.28. The van der Waals surface area contributed by atoms with Gasteiger partial charge < -0.3 is 10.0 Å². The fourth-order valence-electron chi connectivity index (χ4n) is 1.82. The Bertz CT molecular complexity index is 603. The van der Waals surface area contributed by atoms with Gasteiger partial charge in [0.15, 0.2) is 0 Å². The normalized spacial score (nSPS) is 10.3. The van der Waals surface area contributed by atoms with Crippen molar-refractivity contribution >= 4 is 11.6 Å². The van der Waals surface area contributed by atoms with Crippen LogP contribution < -0.4 is 4.90 Å². The van der Waals surface area contributed by atoms with Crippen LogP contribution in [0.15, 0.2) is 42.5 Å². The first kappa shape index (κ1) is 13.1. The average Bonchev–Trinajstić information content (AvgIpc) is 2.41. The van der Waals surface area contributed by atoms with E-state index in [4.69, 9.17) is 0 Å². The zero-order chi connectivity index (χ0) is 14.0. The lowest BCUT2D eigenvalue weighted by Crippen LogP contribution is -2.26. The van der Waals surface area contributed by atoms with Crippen LogP contribution in [0.5, 0.6) is 5.75 Å². The van der Waals surface area contributed by atoms with Gasteiger partial charge in [-0.25, -0.2) is 0 Å². The number of aromatic hydroxyl groups is 1. The molecule has 0 aromatic heterocycles. The Morgan fingerprint density at radius 1 is 1.05 bits per heavy atom. The first-order valence-electron chi connectivity index (χ1n) is 6.13. The number of aryl methyl sites for hydroxylation is 2. The molecular formula is C16H17NO2. The lowest BCUT2D eigenvalue weighted by atomic mass is 10.1. The lowest BCUT2D eigenvalue weighted by Gasteiger charge is -2.18. The van der Waals surface area contributed by atoms with Gasteiger partial charge in [0.05, 0.1) is 0 Å². The van der Waals surface area contributed by atoms with E-state index in [1.54, 1.807) is 31.0 Å². The van der Waals surface area contributed by atoms with Crippen molar-refractivity contribution in [2.24, 2.45) is 0 Å². The van der Waals surface area contributed by atoms with E-state index in [0.717, 1.165) is 16.8 Å². The molecule has 0 bridgehead atoms. The van der Waals surface area contributed by atoms with Crippen LogP contribution in [0, 0.1) is 13.8 Å². The highest BCUT2D eigenvalue weighted by Gasteiger charge is 2.14. The van der Waals surface area contributed by atoms with E-state index in [1.807, 2.05) is 31.2 Å². The maximum absolute atomic E-state index is 12.3. The Kier molecular flexibility index (Phi) is 3.56. The molecule has 98 valence electrons. The van der Waals surface area contributed by atoms with Gasteiger partial charge in [0.1, 0.15) is 5.75 Å². The molecule has 19 heavy (non-hydrogen) atoms. The molecule has 0 atom stereocenters. The van der Waals surface area contributed by atoms with E-state index in [0.29, 0.717) is 5.56 Å². The summed E-state index contributed by atoms with van der Waals surface area (Å²) in [6.07, 6.45) is 0. The number of rotatable bonds is 2. The molecule has 0 fully saturated rings. The minimum absolute atomic E-state index is 0.140. The van der Waals surface area contributed by atoms with Gasteiger partial charge in [-0.1, -0.05) is 23.8 Å². The second-order valence-electron chi connectivity index (χ2n) is 4.70. The summed E-state index contributed by atoms with van der Waals surface area (Å²) in [7, 11) is 1.73. The van der Waals surface area contributed by atoms with Crippen LogP contribution in [0.2, 0.25) is 0 Å². The molecule has 0 radical (unpaired) electrons. The third kappa shape index (κ3) is 2.76. The summed E-state index contributed by atoms with van der Waals surface area (Å²) >= 11 is 0. The fourth-order valence-corrected chi connectivity index (χ4v) is 1.82. The van der Waals surface area contributed by atoms with Crippen molar-refractivity contribution in [2.45, 2.75) is 13.8 Å². The third-order valence-electron chi connectivity index (χ3n) is 3.18. The van der Waals surface area contributed by atoms with E-state index in [-0.39, 0.29) is 11.7 Å². The summed E-state index contributed by atoms with van der Waals surface area (Å²) in [5.74, 6) is 0.00214. The largest absolute Gasteiger partial charge is 0.508 e. The monoisotopic (exact) mass is 255 g/mol. The smallest absolute Gasteiger partial charge is 0.258 e. The molecular weight excluding hydrogens is 238 g/mol. The molecule has 2 aromatic carbocycles. The molecule has 0 spiro atoms. The first-order valence-corrected chi connectivity index (χ1v) is 6.13. The molecule has 0 saturated heterocycles. The summed E-state index contributed by atoms with van der Waals surface area (Å²) in [4.78, 5) is 13.9. The number of hydrogen-bond acceptors (Lipinski definition) is 2. The molecule has 0 heterocycles. The minimum atomic E-state index is -0.140. The standard InChI is InChI=1S/C16H17NO2/c1-11-4-8-14(9-5-11)17(3)16(19)13-7-6-12(2)15(18)10-13/h4-10,18H,1-3H3. The van der Waals surface area contributed by atoms with Crippen LogP contribution in [0.1, 0.15) is 21.5 Å². The lowest BCUT2D eigenvalue weighted by molar-refractivity contribution is 0.0992. The molecule has 0 aliphatic rings. The number of amides is 1. The van der Waals surface area contributed by atoms with Gasteiger partial charge in [-0.3, -0.25) is 4.79 Å². The Labute approximate surface area is 113 Å². The predicted molar refractivity (Wildman–Crippen MR) is 76.8 cm³/mol. The zero-order valence-electron chi connectivity index (χ0n) is 11.3. The molecule has 0 aliphatic carbocycles. The molecule has 3 nitrogen and oxygen atoms in total. The number of anilines is 1. The molecule has 2 rings (SSSR count). The van der Waals surface area contributed by atoms with Crippen molar-refractivity contribution in [3.63, 3.8) is 0 Å². The first-order chi connectivity index (χ1) is 8.99. The van der Waals surface area contributed by atoms with E-state index in [9.17, 15) is 9.90 Å². The highest BCUT2D eigenvalue weighted by atomic mass is 16.3. The zero-order valence-corrected chi connectivity index (χ0v) is 11.3. The van der Waals surface area contributed by atoms with Crippen LogP contribution in [0.25, 0.3) is 0 Å². The topological polar surface area (TPSA) is 40.5 Å². The fraction of sp³-hybridized carbons (Fsp3) is 0.188. The van der Waals surface area contributed by atoms with Gasteiger partial charge in [0, 0.05) is 18.3 Å². The van der Waals surface area contributed by atoms with Crippen molar-refractivity contribution in [3.8, 4) is 5.75 Å². The highest BCUT2D eigenvalue weighted by Crippen LogP contribution is 2.21. The van der Waals surface area contributed by atoms with E-state index < -0.39 is 0 Å². The second kappa shape index (κ2) is 5.14. The molecule has 1 N–H and O–H groups in total. The maximum atomic E-state index is 12.3. The van der Waals surface area contributed by atoms with Crippen molar-refractivity contribution in [1.29, 1.82) is 0 Å². The van der Waals surface area contributed by atoms with Gasteiger partial charge >= 0.3 is 0 Å². The van der Waals surface area contributed by atoms with E-state index in [2.05, 4.69) is 0 Å². The molecule has 0 unspecified atom stereocenters. The van der Waals surface area contributed by atoms with Crippen LogP contribution >= 0.6 is 0 Å². The summed E-state index contributed by atoms with van der Waals surface area (Å²) in [5, 5.41) is 9.67. The van der Waals surface area contributed by atoms with Gasteiger partial charge in [0.2, 0.25) is 0 Å². The number of nitrogens with zero attached hydrogens (tertiary/aromatic N) is 1. The Hall–Kier alpha value is -2.29. The molecule has 0 aliphatic heterocycles. The number of phenolic OH excluding ortho intramolecular Hbond substituents is 1. The number of hydrogen-bond donors (Lipinski definition) is 1. The Morgan fingerprint density at radius 2 is 1.68 bits per heavy atom. The van der Waals surface area contributed by atoms with Gasteiger partial charge in [-0.15, -0.1) is 0 Å². The van der Waals surface area contributed by atoms with Crippen molar-refractivity contribution in [2.75, 3.05) is 11.9 Å².